The maximum Gasteiger partial charge on any atom is 0.0540 e. The zero-order chi connectivity index (χ0) is 5.11. The highest BCUT2D eigenvalue weighted by molar-refractivity contribution is 5.28. The summed E-state index contributed by atoms with van der Waals surface area (Å²) >= 11 is 0. The largest absolute Gasteiger partial charge is 0.359 e. The van der Waals surface area contributed by atoms with Crippen LogP contribution in [0.3, 0.4) is 0 Å². The van der Waals surface area contributed by atoms with E-state index in [1.165, 1.54) is 5.70 Å². The highest BCUT2D eigenvalue weighted by Gasteiger charge is 1.96. The van der Waals surface area contributed by atoms with Crippen molar-refractivity contribution >= 4 is 0 Å². The van der Waals surface area contributed by atoms with E-state index in [4.69, 9.17) is 0 Å². The standard InChI is InChI=1S/C6H9N/c1-2-3-4-6-5-7-6/h3-5,7H,2H2,1H3/b4-3-. The fraction of sp³-hybridized carbons (Fsp3) is 0.333. The van der Waals surface area contributed by atoms with Crippen LogP contribution in [0.25, 0.3) is 0 Å². The molecule has 0 fully saturated rings. The molecule has 1 heteroatoms. The smallest absolute Gasteiger partial charge is 0.0540 e. The second kappa shape index (κ2) is 1.82. The summed E-state index contributed by atoms with van der Waals surface area (Å²) in [6.45, 7) is 2.12. The highest BCUT2D eigenvalue weighted by atomic mass is 15.0. The van der Waals surface area contributed by atoms with Gasteiger partial charge in [-0.25, -0.2) is 0 Å². The molecule has 0 aliphatic carbocycles. The lowest BCUT2D eigenvalue weighted by atomic mass is 10.4. The highest BCUT2D eigenvalue weighted by Crippen LogP contribution is 2.01. The van der Waals surface area contributed by atoms with Crippen molar-refractivity contribution in [3.8, 4) is 0 Å². The van der Waals surface area contributed by atoms with Gasteiger partial charge in [0.15, 0.2) is 0 Å². The van der Waals surface area contributed by atoms with Crippen molar-refractivity contribution in [2.24, 2.45) is 0 Å². The predicted octanol–water partition coefficient (Wildman–Crippen LogP) is 1.40. The van der Waals surface area contributed by atoms with E-state index in [1.54, 1.807) is 0 Å². The molecule has 38 valence electrons. The van der Waals surface area contributed by atoms with Crippen LogP contribution in [0.1, 0.15) is 13.3 Å². The van der Waals surface area contributed by atoms with Gasteiger partial charge >= 0.3 is 0 Å². The van der Waals surface area contributed by atoms with Crippen LogP contribution in [0.15, 0.2) is 24.0 Å². The van der Waals surface area contributed by atoms with Crippen LogP contribution in [0.2, 0.25) is 0 Å². The van der Waals surface area contributed by atoms with Crippen LogP contribution in [0.4, 0.5) is 0 Å². The van der Waals surface area contributed by atoms with Gasteiger partial charge in [0.2, 0.25) is 0 Å². The van der Waals surface area contributed by atoms with Crippen molar-refractivity contribution in [2.45, 2.75) is 13.3 Å². The maximum atomic E-state index is 2.97. The Hall–Kier alpha value is -0.720. The lowest BCUT2D eigenvalue weighted by Gasteiger charge is -1.72. The lowest BCUT2D eigenvalue weighted by molar-refractivity contribution is 1.21. The molecule has 1 nitrogen and oxygen atoms in total. The van der Waals surface area contributed by atoms with Crippen molar-refractivity contribution in [2.75, 3.05) is 0 Å². The summed E-state index contributed by atoms with van der Waals surface area (Å²) in [6.07, 6.45) is 7.32. The van der Waals surface area contributed by atoms with Crippen LogP contribution in [0.5, 0.6) is 0 Å². The minimum absolute atomic E-state index is 1.12. The second-order valence-corrected chi connectivity index (χ2v) is 1.55. The Kier molecular flexibility index (Phi) is 1.16. The van der Waals surface area contributed by atoms with Gasteiger partial charge in [-0.3, -0.25) is 0 Å². The predicted molar refractivity (Wildman–Crippen MR) is 30.6 cm³/mol. The molecule has 1 N–H and O–H groups in total. The van der Waals surface area contributed by atoms with Crippen LogP contribution >= 0.6 is 0 Å². The first-order valence-electron chi connectivity index (χ1n) is 2.56. The van der Waals surface area contributed by atoms with Crippen LogP contribution in [-0.2, 0) is 0 Å². The lowest BCUT2D eigenvalue weighted by Crippen LogP contribution is -1.69. The van der Waals surface area contributed by atoms with Crippen LogP contribution < -0.4 is 5.32 Å². The van der Waals surface area contributed by atoms with Crippen molar-refractivity contribution in [1.29, 1.82) is 0 Å². The average Bonchev–Trinajstić information content (AvgIpc) is 2.42. The molecule has 0 aromatic rings. The molecular formula is C6H9N. The van der Waals surface area contributed by atoms with Gasteiger partial charge in [0, 0.05) is 6.20 Å². The SMILES string of the molecule is CC/C=C\C1=CN1. The van der Waals surface area contributed by atoms with Gasteiger partial charge in [-0.05, 0) is 12.5 Å². The summed E-state index contributed by atoms with van der Waals surface area (Å²) in [6, 6.07) is 0. The summed E-state index contributed by atoms with van der Waals surface area (Å²) < 4.78 is 0. The minimum atomic E-state index is 1.12. The normalized spacial score (nSPS) is 16.4. The topological polar surface area (TPSA) is 21.9 Å². The van der Waals surface area contributed by atoms with Crippen molar-refractivity contribution < 1.29 is 0 Å². The third kappa shape index (κ3) is 1.44. The number of hydrogen-bond acceptors (Lipinski definition) is 1. The van der Waals surface area contributed by atoms with Gasteiger partial charge in [0.1, 0.15) is 0 Å². The molecule has 0 amide bonds. The van der Waals surface area contributed by atoms with Gasteiger partial charge in [-0.15, -0.1) is 0 Å². The molecule has 0 saturated heterocycles. The fourth-order valence-corrected chi connectivity index (χ4v) is 0.383. The second-order valence-electron chi connectivity index (χ2n) is 1.55. The molecule has 7 heavy (non-hydrogen) atoms. The van der Waals surface area contributed by atoms with E-state index >= 15 is 0 Å². The summed E-state index contributed by atoms with van der Waals surface area (Å²) in [4.78, 5) is 0. The molecule has 1 rings (SSSR count). The van der Waals surface area contributed by atoms with E-state index in [9.17, 15) is 0 Å². The van der Waals surface area contributed by atoms with Gasteiger partial charge < -0.3 is 5.32 Å². The maximum absolute atomic E-state index is 2.97. The van der Waals surface area contributed by atoms with E-state index in [0.717, 1.165) is 6.42 Å². The molecule has 0 unspecified atom stereocenters. The Bertz CT molecular complexity index is 111. The third-order valence-electron chi connectivity index (χ3n) is 0.844. The van der Waals surface area contributed by atoms with E-state index in [-0.39, 0.29) is 0 Å². The van der Waals surface area contributed by atoms with E-state index in [1.807, 2.05) is 6.20 Å². The molecule has 0 aromatic carbocycles. The Morgan fingerprint density at radius 1 is 1.86 bits per heavy atom. The van der Waals surface area contributed by atoms with Gasteiger partial charge in [-0.1, -0.05) is 13.0 Å². The number of allylic oxidation sites excluding steroid dienone is 2. The van der Waals surface area contributed by atoms with Crippen LogP contribution in [-0.4, -0.2) is 0 Å². The van der Waals surface area contributed by atoms with E-state index in [2.05, 4.69) is 24.4 Å². The van der Waals surface area contributed by atoms with Crippen LogP contribution in [0, 0.1) is 0 Å². The van der Waals surface area contributed by atoms with Gasteiger partial charge in [0.05, 0.1) is 5.70 Å². The molecule has 0 aromatic heterocycles. The van der Waals surface area contributed by atoms with E-state index < -0.39 is 0 Å². The molecule has 0 bridgehead atoms. The first kappa shape index (κ1) is 4.44. The third-order valence-corrected chi connectivity index (χ3v) is 0.844. The first-order chi connectivity index (χ1) is 3.43. The Balaban J connectivity index is 2.18. The summed E-state index contributed by atoms with van der Waals surface area (Å²) in [5.41, 5.74) is 1.25. The first-order valence-corrected chi connectivity index (χ1v) is 2.56. The van der Waals surface area contributed by atoms with Gasteiger partial charge in [0.25, 0.3) is 0 Å². The monoisotopic (exact) mass is 95.1 g/mol. The number of nitrogens with one attached hydrogen (secondary N) is 1. The minimum Gasteiger partial charge on any atom is -0.359 e. The quantitative estimate of drug-likeness (QED) is 0.550. The zero-order valence-electron chi connectivity index (χ0n) is 4.44. The Labute approximate surface area is 43.7 Å². The molecular weight excluding hydrogens is 86.1 g/mol. The summed E-state index contributed by atoms with van der Waals surface area (Å²) in [7, 11) is 0. The molecule has 1 aliphatic rings. The molecule has 0 saturated carbocycles. The average molecular weight is 95.1 g/mol. The number of rotatable bonds is 2. The summed E-state index contributed by atoms with van der Waals surface area (Å²) in [5, 5.41) is 2.97. The zero-order valence-corrected chi connectivity index (χ0v) is 4.44. The van der Waals surface area contributed by atoms with Crippen molar-refractivity contribution in [1.82, 2.24) is 5.32 Å². The molecule has 0 spiro atoms. The molecule has 1 heterocycles. The summed E-state index contributed by atoms with van der Waals surface area (Å²) in [5.74, 6) is 0. The molecule has 0 radical (unpaired) electrons. The fourth-order valence-electron chi connectivity index (χ4n) is 0.383. The molecule has 1 aliphatic heterocycles. The number of hydrogen-bond donors (Lipinski definition) is 1. The molecule has 0 atom stereocenters. The van der Waals surface area contributed by atoms with E-state index in [0.29, 0.717) is 0 Å². The van der Waals surface area contributed by atoms with Crippen molar-refractivity contribution in [3.63, 3.8) is 0 Å². The van der Waals surface area contributed by atoms with Crippen molar-refractivity contribution in [3.05, 3.63) is 24.0 Å². The Morgan fingerprint density at radius 2 is 2.57 bits per heavy atom. The van der Waals surface area contributed by atoms with Gasteiger partial charge in [-0.2, -0.15) is 0 Å². The Morgan fingerprint density at radius 3 is 3.00 bits per heavy atom.